The quantitative estimate of drug-likeness (QED) is 0.188. The summed E-state index contributed by atoms with van der Waals surface area (Å²) < 4.78 is 30.5. The summed E-state index contributed by atoms with van der Waals surface area (Å²) in [5.41, 5.74) is 4.73. The Balaban J connectivity index is 1.11. The molecule has 47 heavy (non-hydrogen) atoms. The number of aromatic nitrogens is 2. The van der Waals surface area contributed by atoms with Crippen LogP contribution in [0.2, 0.25) is 0 Å². The van der Waals surface area contributed by atoms with Gasteiger partial charge in [-0.05, 0) is 53.1 Å². The van der Waals surface area contributed by atoms with E-state index >= 15 is 0 Å². The fourth-order valence-corrected chi connectivity index (χ4v) is 6.29. The number of amides is 1. The first kappa shape index (κ1) is 30.4. The van der Waals surface area contributed by atoms with E-state index in [-0.39, 0.29) is 25.0 Å². The number of carbonyl (C=O) groups is 1. The molecule has 10 nitrogen and oxygen atoms in total. The normalized spacial score (nSPS) is 15.1. The van der Waals surface area contributed by atoms with Gasteiger partial charge in [-0.3, -0.25) is 9.69 Å². The van der Waals surface area contributed by atoms with Gasteiger partial charge >= 0.3 is 0 Å². The fourth-order valence-electron chi connectivity index (χ4n) is 6.29. The lowest BCUT2D eigenvalue weighted by Crippen LogP contribution is -2.48. The third-order valence-electron chi connectivity index (χ3n) is 8.85. The zero-order valence-electron chi connectivity index (χ0n) is 26.6. The van der Waals surface area contributed by atoms with Crippen molar-refractivity contribution in [3.05, 3.63) is 114 Å². The predicted octanol–water partition coefficient (Wildman–Crippen LogP) is 5.53. The molecule has 242 valence electrons. The van der Waals surface area contributed by atoms with E-state index in [0.29, 0.717) is 42.6 Å². The van der Waals surface area contributed by atoms with Gasteiger partial charge < -0.3 is 33.0 Å². The molecular weight excluding hydrogens is 596 g/mol. The number of imidazole rings is 1. The topological polar surface area (TPSA) is 87.0 Å². The van der Waals surface area contributed by atoms with Crippen LogP contribution in [0, 0.1) is 0 Å². The smallest absolute Gasteiger partial charge is 0.231 e. The standard InChI is InChI=1S/C37H38N4O6/c1-43-29-18-28(19-30(20-29)44-2)31(32-22-38-37-34(9-6-12-41(32)37)45-24-26-7-4-3-5-8-26)21-36(42)40-15-13-39(14-16-40)23-27-10-11-33-35(17-27)47-25-46-33/h3-12,17-20,22,31H,13-16,21,23-25H2,1-2H3. The van der Waals surface area contributed by atoms with E-state index in [2.05, 4.69) is 11.0 Å². The first-order valence-corrected chi connectivity index (χ1v) is 15.8. The number of piperazine rings is 1. The molecule has 2 aliphatic heterocycles. The number of hydrogen-bond donors (Lipinski definition) is 0. The molecular formula is C37H38N4O6. The predicted molar refractivity (Wildman–Crippen MR) is 176 cm³/mol. The molecule has 3 aromatic carbocycles. The molecule has 0 spiro atoms. The number of benzene rings is 3. The Kier molecular flexibility index (Phi) is 8.83. The number of carbonyl (C=O) groups excluding carboxylic acids is 1. The van der Waals surface area contributed by atoms with Crippen LogP contribution in [-0.4, -0.2) is 72.3 Å². The highest BCUT2D eigenvalue weighted by atomic mass is 16.7. The van der Waals surface area contributed by atoms with Crippen molar-refractivity contribution in [3.63, 3.8) is 0 Å². The summed E-state index contributed by atoms with van der Waals surface area (Å²) in [6.45, 7) is 4.37. The van der Waals surface area contributed by atoms with Crippen LogP contribution in [-0.2, 0) is 17.9 Å². The van der Waals surface area contributed by atoms with Crippen molar-refractivity contribution in [2.75, 3.05) is 47.2 Å². The van der Waals surface area contributed by atoms with E-state index in [4.69, 9.17) is 28.7 Å². The summed E-state index contributed by atoms with van der Waals surface area (Å²) in [6, 6.07) is 25.8. The lowest BCUT2D eigenvalue weighted by atomic mass is 9.91. The molecule has 2 aromatic heterocycles. The maximum absolute atomic E-state index is 14.0. The first-order valence-electron chi connectivity index (χ1n) is 15.8. The van der Waals surface area contributed by atoms with Crippen molar-refractivity contribution >= 4 is 11.6 Å². The summed E-state index contributed by atoms with van der Waals surface area (Å²) in [6.07, 6.45) is 4.08. The highest BCUT2D eigenvalue weighted by molar-refractivity contribution is 5.78. The van der Waals surface area contributed by atoms with Crippen molar-refractivity contribution in [2.45, 2.75) is 25.5 Å². The number of ether oxygens (including phenoxy) is 5. The van der Waals surface area contributed by atoms with E-state index in [0.717, 1.165) is 48.0 Å². The molecule has 0 bridgehead atoms. The molecule has 7 rings (SSSR count). The van der Waals surface area contributed by atoms with Crippen molar-refractivity contribution in [1.82, 2.24) is 19.2 Å². The van der Waals surface area contributed by atoms with Crippen molar-refractivity contribution in [1.29, 1.82) is 0 Å². The Bertz CT molecular complexity index is 1830. The zero-order chi connectivity index (χ0) is 32.2. The minimum Gasteiger partial charge on any atom is -0.497 e. The average molecular weight is 635 g/mol. The van der Waals surface area contributed by atoms with Crippen LogP contribution in [0.3, 0.4) is 0 Å². The molecule has 0 radical (unpaired) electrons. The van der Waals surface area contributed by atoms with Gasteiger partial charge in [-0.1, -0.05) is 36.4 Å². The Labute approximate surface area is 274 Å². The van der Waals surface area contributed by atoms with Gasteiger partial charge in [0.25, 0.3) is 0 Å². The highest BCUT2D eigenvalue weighted by Crippen LogP contribution is 2.36. The fraction of sp³-hybridized carbons (Fsp3) is 0.297. The Hall–Kier alpha value is -5.22. The molecule has 1 saturated heterocycles. The van der Waals surface area contributed by atoms with Crippen LogP contribution < -0.4 is 23.7 Å². The Morgan fingerprint density at radius 3 is 2.38 bits per heavy atom. The molecule has 1 atom stereocenters. The van der Waals surface area contributed by atoms with Crippen LogP contribution in [0.5, 0.6) is 28.7 Å². The van der Waals surface area contributed by atoms with Crippen LogP contribution in [0.1, 0.15) is 34.7 Å². The van der Waals surface area contributed by atoms with E-state index < -0.39 is 0 Å². The van der Waals surface area contributed by atoms with Crippen molar-refractivity contribution in [2.24, 2.45) is 0 Å². The van der Waals surface area contributed by atoms with Crippen LogP contribution in [0.4, 0.5) is 0 Å². The van der Waals surface area contributed by atoms with Gasteiger partial charge in [0.15, 0.2) is 22.9 Å². The molecule has 5 aromatic rings. The largest absolute Gasteiger partial charge is 0.497 e. The number of pyridine rings is 1. The molecule has 1 amide bonds. The van der Waals surface area contributed by atoms with Gasteiger partial charge in [0.2, 0.25) is 12.7 Å². The minimum atomic E-state index is -0.308. The third kappa shape index (κ3) is 6.69. The Morgan fingerprint density at radius 2 is 1.62 bits per heavy atom. The van der Waals surface area contributed by atoms with E-state index in [1.54, 1.807) is 14.2 Å². The SMILES string of the molecule is COc1cc(OC)cc(C(CC(=O)N2CCN(Cc3ccc4c(c3)OCO4)CC2)c2cnc3c(OCc4ccccc4)cccn23)c1. The molecule has 10 heteroatoms. The van der Waals surface area contributed by atoms with Crippen LogP contribution >= 0.6 is 0 Å². The molecule has 2 aliphatic rings. The van der Waals surface area contributed by atoms with Crippen molar-refractivity contribution < 1.29 is 28.5 Å². The van der Waals surface area contributed by atoms with E-state index in [9.17, 15) is 4.79 Å². The monoisotopic (exact) mass is 634 g/mol. The van der Waals surface area contributed by atoms with Gasteiger partial charge in [0.1, 0.15) is 18.1 Å². The van der Waals surface area contributed by atoms with E-state index in [1.807, 2.05) is 94.5 Å². The Morgan fingerprint density at radius 1 is 0.851 bits per heavy atom. The van der Waals surface area contributed by atoms with Crippen LogP contribution in [0.25, 0.3) is 5.65 Å². The zero-order valence-corrected chi connectivity index (χ0v) is 26.6. The lowest BCUT2D eigenvalue weighted by molar-refractivity contribution is -0.133. The summed E-state index contributed by atoms with van der Waals surface area (Å²) in [5, 5.41) is 0. The maximum atomic E-state index is 14.0. The maximum Gasteiger partial charge on any atom is 0.231 e. The summed E-state index contributed by atoms with van der Waals surface area (Å²) in [7, 11) is 3.26. The van der Waals surface area contributed by atoms with Gasteiger partial charge in [-0.15, -0.1) is 0 Å². The highest BCUT2D eigenvalue weighted by Gasteiger charge is 2.28. The van der Waals surface area contributed by atoms with Crippen molar-refractivity contribution in [3.8, 4) is 28.7 Å². The van der Waals surface area contributed by atoms with Gasteiger partial charge in [0, 0.05) is 63.5 Å². The molecule has 1 fully saturated rings. The molecule has 4 heterocycles. The second kappa shape index (κ2) is 13.6. The number of methoxy groups -OCH3 is 2. The lowest BCUT2D eigenvalue weighted by Gasteiger charge is -2.35. The van der Waals surface area contributed by atoms with Gasteiger partial charge in [-0.2, -0.15) is 0 Å². The number of hydrogen-bond acceptors (Lipinski definition) is 8. The molecule has 0 saturated carbocycles. The van der Waals surface area contributed by atoms with Gasteiger partial charge in [-0.25, -0.2) is 4.98 Å². The van der Waals surface area contributed by atoms with Gasteiger partial charge in [0.05, 0.1) is 19.9 Å². The molecule has 0 N–H and O–H groups in total. The van der Waals surface area contributed by atoms with Crippen LogP contribution in [0.15, 0.2) is 91.3 Å². The minimum absolute atomic E-state index is 0.0888. The number of fused-ring (bicyclic) bond motifs is 2. The summed E-state index contributed by atoms with van der Waals surface area (Å²) >= 11 is 0. The molecule has 0 aliphatic carbocycles. The van der Waals surface area contributed by atoms with E-state index in [1.165, 1.54) is 5.56 Å². The molecule has 1 unspecified atom stereocenters. The summed E-state index contributed by atoms with van der Waals surface area (Å²) in [5.74, 6) is 3.36. The second-order valence-electron chi connectivity index (χ2n) is 11.8. The number of rotatable bonds is 11. The summed E-state index contributed by atoms with van der Waals surface area (Å²) in [4.78, 5) is 23.1. The number of nitrogens with zero attached hydrogens (tertiary/aromatic N) is 4. The first-order chi connectivity index (χ1) is 23.1. The third-order valence-corrected chi connectivity index (χ3v) is 8.85. The average Bonchev–Trinajstić information content (AvgIpc) is 3.77. The second-order valence-corrected chi connectivity index (χ2v) is 11.8.